The molecule has 2 rings (SSSR count). The second-order valence-electron chi connectivity index (χ2n) is 4.75. The number of nitro groups is 1. The van der Waals surface area contributed by atoms with E-state index in [0.29, 0.717) is 5.56 Å². The van der Waals surface area contributed by atoms with Gasteiger partial charge in [-0.3, -0.25) is 10.1 Å². The Labute approximate surface area is 122 Å². The minimum Gasteiger partial charge on any atom is -0.394 e. The predicted octanol–water partition coefficient (Wildman–Crippen LogP) is 0.285. The number of nitrogens with zero attached hydrogens (tertiary/aromatic N) is 2. The predicted molar refractivity (Wildman–Crippen MR) is 73.4 cm³/mol. The van der Waals surface area contributed by atoms with Gasteiger partial charge in [0.25, 0.3) is 5.69 Å². The lowest BCUT2D eigenvalue weighted by Crippen LogP contribution is -2.46. The maximum Gasteiger partial charge on any atom is 0.269 e. The van der Waals surface area contributed by atoms with Crippen LogP contribution in [0.5, 0.6) is 0 Å². The lowest BCUT2D eigenvalue weighted by Gasteiger charge is -2.31. The summed E-state index contributed by atoms with van der Waals surface area (Å²) in [6, 6.07) is 3.65. The first-order valence-corrected chi connectivity index (χ1v) is 7.78. The fourth-order valence-corrected chi connectivity index (χ4v) is 3.86. The van der Waals surface area contributed by atoms with Crippen LogP contribution in [0.4, 0.5) is 5.69 Å². The molecular weight excluding hydrogens is 300 g/mol. The van der Waals surface area contributed by atoms with E-state index in [9.17, 15) is 18.5 Å². The molecule has 1 atom stereocenters. The second kappa shape index (κ2) is 6.06. The Morgan fingerprint density at radius 2 is 2.24 bits per heavy atom. The molecule has 0 saturated carbocycles. The Hall–Kier alpha value is -1.55. The van der Waals surface area contributed by atoms with Crippen molar-refractivity contribution in [3.8, 4) is 0 Å². The average Bonchev–Trinajstić information content (AvgIpc) is 2.46. The molecule has 1 N–H and O–H groups in total. The van der Waals surface area contributed by atoms with Crippen LogP contribution in [0.1, 0.15) is 5.56 Å². The summed E-state index contributed by atoms with van der Waals surface area (Å²) in [6.45, 7) is 1.72. The van der Waals surface area contributed by atoms with Crippen molar-refractivity contribution in [2.24, 2.45) is 0 Å². The van der Waals surface area contributed by atoms with Gasteiger partial charge in [0.1, 0.15) is 0 Å². The summed E-state index contributed by atoms with van der Waals surface area (Å²) in [6.07, 6.45) is -0.549. The van der Waals surface area contributed by atoms with Crippen molar-refractivity contribution in [2.75, 3.05) is 26.3 Å². The highest BCUT2D eigenvalue weighted by atomic mass is 32.2. The van der Waals surface area contributed by atoms with Gasteiger partial charge in [-0.15, -0.1) is 0 Å². The number of aliphatic hydroxyl groups excluding tert-OH is 1. The maximum absolute atomic E-state index is 12.6. The molecule has 0 aromatic heterocycles. The number of rotatable bonds is 4. The first-order valence-electron chi connectivity index (χ1n) is 6.34. The lowest BCUT2D eigenvalue weighted by molar-refractivity contribution is -0.385. The number of hydrogen-bond acceptors (Lipinski definition) is 6. The molecule has 116 valence electrons. The van der Waals surface area contributed by atoms with Crippen LogP contribution in [-0.4, -0.2) is 55.2 Å². The highest BCUT2D eigenvalue weighted by Crippen LogP contribution is 2.25. The van der Waals surface area contributed by atoms with E-state index in [4.69, 9.17) is 9.84 Å². The van der Waals surface area contributed by atoms with E-state index in [0.717, 1.165) is 0 Å². The third kappa shape index (κ3) is 3.21. The first-order chi connectivity index (χ1) is 9.86. The number of benzene rings is 1. The van der Waals surface area contributed by atoms with Gasteiger partial charge in [0.15, 0.2) is 0 Å². The number of morpholine rings is 1. The molecule has 0 amide bonds. The number of aliphatic hydroxyl groups is 1. The molecule has 0 radical (unpaired) electrons. The van der Waals surface area contributed by atoms with Gasteiger partial charge in [0.05, 0.1) is 29.1 Å². The number of ether oxygens (including phenoxy) is 1. The highest BCUT2D eigenvalue weighted by Gasteiger charge is 2.31. The van der Waals surface area contributed by atoms with E-state index in [1.807, 2.05) is 0 Å². The Balaban J connectivity index is 2.33. The molecule has 0 bridgehead atoms. The molecule has 8 nitrogen and oxygen atoms in total. The van der Waals surface area contributed by atoms with E-state index in [-0.39, 0.29) is 36.9 Å². The van der Waals surface area contributed by atoms with Crippen molar-refractivity contribution in [2.45, 2.75) is 17.9 Å². The fourth-order valence-electron chi connectivity index (χ4n) is 2.20. The van der Waals surface area contributed by atoms with Crippen molar-refractivity contribution in [1.82, 2.24) is 4.31 Å². The Bertz CT molecular complexity index is 645. The summed E-state index contributed by atoms with van der Waals surface area (Å²) in [5.41, 5.74) is 0.165. The number of nitro benzene ring substituents is 1. The van der Waals surface area contributed by atoms with E-state index >= 15 is 0 Å². The second-order valence-corrected chi connectivity index (χ2v) is 6.65. The zero-order valence-corrected chi connectivity index (χ0v) is 12.2. The fraction of sp³-hybridized carbons (Fsp3) is 0.500. The molecule has 21 heavy (non-hydrogen) atoms. The van der Waals surface area contributed by atoms with E-state index in [2.05, 4.69) is 0 Å². The van der Waals surface area contributed by atoms with Gasteiger partial charge in [0.2, 0.25) is 10.0 Å². The Kier molecular flexibility index (Phi) is 4.57. The number of aryl methyl sites for hydroxylation is 1. The third-order valence-corrected chi connectivity index (χ3v) is 5.32. The van der Waals surface area contributed by atoms with Crippen LogP contribution in [0.2, 0.25) is 0 Å². The molecule has 1 fully saturated rings. The summed E-state index contributed by atoms with van der Waals surface area (Å²) in [5.74, 6) is 0. The van der Waals surface area contributed by atoms with Crippen molar-refractivity contribution in [3.63, 3.8) is 0 Å². The van der Waals surface area contributed by atoms with Gasteiger partial charge in [-0.25, -0.2) is 8.42 Å². The molecule has 9 heteroatoms. The van der Waals surface area contributed by atoms with E-state index in [1.54, 1.807) is 0 Å². The number of hydrogen-bond donors (Lipinski definition) is 1. The zero-order chi connectivity index (χ0) is 15.6. The van der Waals surface area contributed by atoms with E-state index in [1.165, 1.54) is 29.4 Å². The molecular formula is C12H16N2O6S. The van der Waals surface area contributed by atoms with Gasteiger partial charge in [-0.1, -0.05) is 0 Å². The minimum atomic E-state index is -3.76. The van der Waals surface area contributed by atoms with E-state index < -0.39 is 21.1 Å². The molecule has 0 spiro atoms. The summed E-state index contributed by atoms with van der Waals surface area (Å²) >= 11 is 0. The first kappa shape index (κ1) is 15.8. The van der Waals surface area contributed by atoms with Gasteiger partial charge in [-0.05, 0) is 18.6 Å². The van der Waals surface area contributed by atoms with Crippen LogP contribution in [0.3, 0.4) is 0 Å². The zero-order valence-electron chi connectivity index (χ0n) is 11.4. The highest BCUT2D eigenvalue weighted by molar-refractivity contribution is 7.89. The van der Waals surface area contributed by atoms with Crippen LogP contribution in [0.15, 0.2) is 23.1 Å². The average molecular weight is 316 g/mol. The molecule has 1 aromatic rings. The van der Waals surface area contributed by atoms with Gasteiger partial charge in [0, 0.05) is 25.2 Å². The number of sulfonamides is 1. The van der Waals surface area contributed by atoms with Gasteiger partial charge in [-0.2, -0.15) is 4.31 Å². The van der Waals surface area contributed by atoms with Crippen LogP contribution in [0.25, 0.3) is 0 Å². The van der Waals surface area contributed by atoms with Crippen LogP contribution >= 0.6 is 0 Å². The Morgan fingerprint density at radius 1 is 1.52 bits per heavy atom. The maximum atomic E-state index is 12.6. The normalized spacial score (nSPS) is 20.4. The van der Waals surface area contributed by atoms with Crippen molar-refractivity contribution < 1.29 is 23.2 Å². The Morgan fingerprint density at radius 3 is 2.81 bits per heavy atom. The third-order valence-electron chi connectivity index (χ3n) is 3.29. The largest absolute Gasteiger partial charge is 0.394 e. The van der Waals surface area contributed by atoms with Crippen LogP contribution < -0.4 is 0 Å². The monoisotopic (exact) mass is 316 g/mol. The van der Waals surface area contributed by atoms with Crippen LogP contribution in [0, 0.1) is 17.0 Å². The smallest absolute Gasteiger partial charge is 0.269 e. The molecule has 1 aliphatic rings. The van der Waals surface area contributed by atoms with Crippen molar-refractivity contribution in [3.05, 3.63) is 33.9 Å². The van der Waals surface area contributed by atoms with Crippen LogP contribution in [-0.2, 0) is 14.8 Å². The van der Waals surface area contributed by atoms with Gasteiger partial charge < -0.3 is 9.84 Å². The van der Waals surface area contributed by atoms with Crippen molar-refractivity contribution in [1.29, 1.82) is 0 Å². The topological polar surface area (TPSA) is 110 Å². The lowest BCUT2D eigenvalue weighted by atomic mass is 10.2. The molecule has 1 unspecified atom stereocenters. The SMILES string of the molecule is Cc1cc([N+](=O)[O-])ccc1S(=O)(=O)N1CCOC(CO)C1. The standard InChI is InChI=1S/C12H16N2O6S/c1-9-6-10(14(16)17)2-3-12(9)21(18,19)13-4-5-20-11(7-13)8-15/h2-3,6,11,15H,4-5,7-8H2,1H3. The van der Waals surface area contributed by atoms with Gasteiger partial charge >= 0.3 is 0 Å². The molecule has 1 heterocycles. The molecule has 1 aromatic carbocycles. The quantitative estimate of drug-likeness (QED) is 0.631. The summed E-state index contributed by atoms with van der Waals surface area (Å²) in [7, 11) is -3.76. The molecule has 1 aliphatic heterocycles. The summed E-state index contributed by atoms with van der Waals surface area (Å²) < 4.78 is 31.6. The number of non-ortho nitro benzene ring substituents is 1. The molecule has 0 aliphatic carbocycles. The van der Waals surface area contributed by atoms with Crippen molar-refractivity contribution >= 4 is 15.7 Å². The summed E-state index contributed by atoms with van der Waals surface area (Å²) in [4.78, 5) is 10.2. The minimum absolute atomic E-state index is 0.0340. The molecule has 1 saturated heterocycles. The summed E-state index contributed by atoms with van der Waals surface area (Å²) in [5, 5.41) is 19.8.